The molecule has 0 atom stereocenters. The van der Waals surface area contributed by atoms with Crippen molar-refractivity contribution < 1.29 is 14.9 Å². The van der Waals surface area contributed by atoms with Crippen LogP contribution in [0.4, 0.5) is 5.69 Å². The lowest BCUT2D eigenvalue weighted by atomic mass is 9.99. The normalized spacial score (nSPS) is 10.6. The van der Waals surface area contributed by atoms with Crippen LogP contribution in [0.3, 0.4) is 0 Å². The molecule has 5 heteroatoms. The second-order valence-corrected chi connectivity index (χ2v) is 7.07. The van der Waals surface area contributed by atoms with Crippen molar-refractivity contribution in [1.29, 1.82) is 0 Å². The van der Waals surface area contributed by atoms with Crippen LogP contribution < -0.4 is 16.0 Å². The molecule has 5 nitrogen and oxygen atoms in total. The van der Waals surface area contributed by atoms with Gasteiger partial charge in [0.2, 0.25) is 5.91 Å². The molecule has 4 N–H and O–H groups in total. The molecule has 0 unspecified atom stereocenters. The van der Waals surface area contributed by atoms with Gasteiger partial charge in [0.25, 0.3) is 5.91 Å². The van der Waals surface area contributed by atoms with E-state index >= 15 is 0 Å². The fraction of sp³-hybridized carbons (Fsp3) is 0.200. The first-order valence-corrected chi connectivity index (χ1v) is 10.2. The molecule has 3 rings (SSSR count). The van der Waals surface area contributed by atoms with Crippen LogP contribution in [0.2, 0.25) is 0 Å². The number of anilines is 1. The Morgan fingerprint density at radius 3 is 1.97 bits per heavy atom. The standard InChI is InChI=1S/C25H27N3O2/c1-2-19-11-9-10-16-22(19)28-24(30)18-26-23(29)17-27-25(20-12-5-3-6-13-20)21-14-7-4-8-15-21/h3-16,25,27H,2,17-18H2,1H3,(H,26,29)(H,28,30)/p+1. The molecule has 0 aliphatic rings. The van der Waals surface area contributed by atoms with Gasteiger partial charge in [0.15, 0.2) is 6.54 Å². The summed E-state index contributed by atoms with van der Waals surface area (Å²) in [6.45, 7) is 2.22. The number of nitrogens with one attached hydrogen (secondary N) is 2. The van der Waals surface area contributed by atoms with Crippen molar-refractivity contribution >= 4 is 17.5 Å². The van der Waals surface area contributed by atoms with Gasteiger partial charge in [-0.05, 0) is 18.1 Å². The van der Waals surface area contributed by atoms with Crippen LogP contribution in [0, 0.1) is 0 Å². The predicted octanol–water partition coefficient (Wildman–Crippen LogP) is 2.66. The third-order valence-corrected chi connectivity index (χ3v) is 4.97. The molecule has 2 amide bonds. The summed E-state index contributed by atoms with van der Waals surface area (Å²) in [7, 11) is 0. The molecule has 0 aliphatic carbocycles. The number of hydrogen-bond acceptors (Lipinski definition) is 2. The molecule has 0 aromatic heterocycles. The fourth-order valence-electron chi connectivity index (χ4n) is 3.41. The summed E-state index contributed by atoms with van der Waals surface area (Å²) >= 11 is 0. The summed E-state index contributed by atoms with van der Waals surface area (Å²) in [5.74, 6) is -0.405. The summed E-state index contributed by atoms with van der Waals surface area (Å²) in [6.07, 6.45) is 0.831. The van der Waals surface area contributed by atoms with E-state index in [0.717, 1.165) is 28.8 Å². The molecule has 0 aliphatic heterocycles. The maximum Gasteiger partial charge on any atom is 0.275 e. The smallest absolute Gasteiger partial charge is 0.275 e. The average Bonchev–Trinajstić information content (AvgIpc) is 2.79. The molecule has 0 spiro atoms. The Morgan fingerprint density at radius 1 is 0.800 bits per heavy atom. The minimum atomic E-state index is -0.230. The second-order valence-electron chi connectivity index (χ2n) is 7.07. The first-order chi connectivity index (χ1) is 14.7. The molecular formula is C25H28N3O2+. The number of rotatable bonds is 9. The van der Waals surface area contributed by atoms with E-state index in [-0.39, 0.29) is 30.9 Å². The summed E-state index contributed by atoms with van der Waals surface area (Å²) in [5, 5.41) is 7.58. The van der Waals surface area contributed by atoms with Crippen LogP contribution in [0.5, 0.6) is 0 Å². The number of carbonyl (C=O) groups excluding carboxylic acids is 2. The number of hydrogen-bond donors (Lipinski definition) is 3. The van der Waals surface area contributed by atoms with Crippen molar-refractivity contribution in [1.82, 2.24) is 5.32 Å². The zero-order valence-corrected chi connectivity index (χ0v) is 17.2. The van der Waals surface area contributed by atoms with Crippen molar-refractivity contribution in [2.75, 3.05) is 18.4 Å². The molecular weight excluding hydrogens is 374 g/mol. The van der Waals surface area contributed by atoms with Gasteiger partial charge >= 0.3 is 0 Å². The lowest BCUT2D eigenvalue weighted by molar-refractivity contribution is -0.676. The number of nitrogens with two attached hydrogens (primary N) is 1. The first kappa shape index (κ1) is 21.3. The van der Waals surface area contributed by atoms with Crippen LogP contribution >= 0.6 is 0 Å². The van der Waals surface area contributed by atoms with Crippen LogP contribution in [-0.2, 0) is 16.0 Å². The van der Waals surface area contributed by atoms with Crippen LogP contribution in [-0.4, -0.2) is 24.9 Å². The number of carbonyl (C=O) groups is 2. The zero-order chi connectivity index (χ0) is 21.2. The molecule has 0 saturated heterocycles. The van der Waals surface area contributed by atoms with Crippen molar-refractivity contribution in [3.05, 3.63) is 102 Å². The summed E-state index contributed by atoms with van der Waals surface area (Å²) in [6, 6.07) is 27.9. The van der Waals surface area contributed by atoms with Gasteiger partial charge in [-0.25, -0.2) is 0 Å². The number of quaternary nitrogens is 1. The van der Waals surface area contributed by atoms with Crippen LogP contribution in [0.15, 0.2) is 84.9 Å². The maximum atomic E-state index is 12.4. The Labute approximate surface area is 177 Å². The van der Waals surface area contributed by atoms with E-state index in [1.54, 1.807) is 0 Å². The zero-order valence-electron chi connectivity index (χ0n) is 17.2. The van der Waals surface area contributed by atoms with E-state index in [4.69, 9.17) is 0 Å². The minimum Gasteiger partial charge on any atom is -0.342 e. The first-order valence-electron chi connectivity index (χ1n) is 10.2. The molecule has 154 valence electrons. The second kappa shape index (κ2) is 10.9. The van der Waals surface area contributed by atoms with E-state index in [9.17, 15) is 9.59 Å². The third kappa shape index (κ3) is 6.03. The van der Waals surface area contributed by atoms with Crippen LogP contribution in [0.25, 0.3) is 0 Å². The highest BCUT2D eigenvalue weighted by Gasteiger charge is 2.18. The Hall–Kier alpha value is -3.44. The molecule has 3 aromatic carbocycles. The largest absolute Gasteiger partial charge is 0.342 e. The molecule has 30 heavy (non-hydrogen) atoms. The quantitative estimate of drug-likeness (QED) is 0.515. The molecule has 3 aromatic rings. The Morgan fingerprint density at radius 2 is 1.37 bits per heavy atom. The van der Waals surface area contributed by atoms with E-state index in [1.165, 1.54) is 0 Å². The maximum absolute atomic E-state index is 12.4. The molecule has 0 bridgehead atoms. The monoisotopic (exact) mass is 402 g/mol. The summed E-state index contributed by atoms with van der Waals surface area (Å²) in [4.78, 5) is 24.6. The Kier molecular flexibility index (Phi) is 7.75. The van der Waals surface area contributed by atoms with Crippen molar-refractivity contribution in [3.8, 4) is 0 Å². The molecule has 0 saturated carbocycles. The molecule has 0 radical (unpaired) electrons. The molecule has 0 fully saturated rings. The van der Waals surface area contributed by atoms with Gasteiger partial charge in [0.1, 0.15) is 6.04 Å². The van der Waals surface area contributed by atoms with Crippen molar-refractivity contribution in [2.45, 2.75) is 19.4 Å². The van der Waals surface area contributed by atoms with E-state index in [1.807, 2.05) is 72.9 Å². The van der Waals surface area contributed by atoms with E-state index in [0.29, 0.717) is 0 Å². The topological polar surface area (TPSA) is 74.8 Å². The number of benzene rings is 3. The highest BCUT2D eigenvalue weighted by molar-refractivity contribution is 5.95. The van der Waals surface area contributed by atoms with Gasteiger partial charge in [-0.1, -0.05) is 85.8 Å². The van der Waals surface area contributed by atoms with Crippen LogP contribution in [0.1, 0.15) is 29.7 Å². The van der Waals surface area contributed by atoms with Gasteiger partial charge in [0.05, 0.1) is 6.54 Å². The van der Waals surface area contributed by atoms with Crippen molar-refractivity contribution in [2.24, 2.45) is 0 Å². The van der Waals surface area contributed by atoms with Crippen molar-refractivity contribution in [3.63, 3.8) is 0 Å². The molecule has 0 heterocycles. The number of aryl methyl sites for hydroxylation is 1. The predicted molar refractivity (Wildman–Crippen MR) is 119 cm³/mol. The lowest BCUT2D eigenvalue weighted by Gasteiger charge is -2.16. The van der Waals surface area contributed by atoms with E-state index < -0.39 is 0 Å². The SMILES string of the molecule is CCc1ccccc1NC(=O)CNC(=O)C[NH2+]C(c1ccccc1)c1ccccc1. The highest BCUT2D eigenvalue weighted by Crippen LogP contribution is 2.17. The van der Waals surface area contributed by atoms with Gasteiger partial charge in [-0.15, -0.1) is 0 Å². The highest BCUT2D eigenvalue weighted by atomic mass is 16.2. The lowest BCUT2D eigenvalue weighted by Crippen LogP contribution is -2.87. The minimum absolute atomic E-state index is 0.0170. The number of amides is 2. The van der Waals surface area contributed by atoms with Gasteiger partial charge in [-0.3, -0.25) is 9.59 Å². The van der Waals surface area contributed by atoms with Gasteiger partial charge in [0, 0.05) is 16.8 Å². The van der Waals surface area contributed by atoms with Gasteiger partial charge < -0.3 is 16.0 Å². The Bertz CT molecular complexity index is 919. The third-order valence-electron chi connectivity index (χ3n) is 4.97. The number of para-hydroxylation sites is 1. The summed E-state index contributed by atoms with van der Waals surface area (Å²) < 4.78 is 0. The fourth-order valence-corrected chi connectivity index (χ4v) is 3.41. The van der Waals surface area contributed by atoms with Gasteiger partial charge in [-0.2, -0.15) is 0 Å². The van der Waals surface area contributed by atoms with E-state index in [2.05, 4.69) is 34.9 Å². The average molecular weight is 403 g/mol. The summed E-state index contributed by atoms with van der Waals surface area (Å²) in [5.41, 5.74) is 4.12. The Balaban J connectivity index is 1.54.